The van der Waals surface area contributed by atoms with E-state index in [1.807, 2.05) is 6.92 Å². The summed E-state index contributed by atoms with van der Waals surface area (Å²) in [6, 6.07) is 0. The number of alkyl halides is 2. The summed E-state index contributed by atoms with van der Waals surface area (Å²) in [4.78, 5) is 12.3. The number of Topliss-reactive ketones (excluding diaryl/α,β-unsaturated/α-hetero) is 1. The molecule has 3 nitrogen and oxygen atoms in total. The van der Waals surface area contributed by atoms with Gasteiger partial charge in [0.1, 0.15) is 5.78 Å². The highest BCUT2D eigenvalue weighted by atomic mass is 19.3. The van der Waals surface area contributed by atoms with Crippen molar-refractivity contribution >= 4 is 5.78 Å². The Hall–Kier alpha value is -0.550. The summed E-state index contributed by atoms with van der Waals surface area (Å²) in [7, 11) is 0. The maximum atomic E-state index is 14.4. The number of ketones is 1. The molecule has 1 aliphatic carbocycles. The molecule has 0 amide bonds. The average Bonchev–Trinajstić information content (AvgIpc) is 2.87. The van der Waals surface area contributed by atoms with Gasteiger partial charge in [0, 0.05) is 25.2 Å². The van der Waals surface area contributed by atoms with Crippen LogP contribution in [0.2, 0.25) is 0 Å². The number of hydrogen-bond donors (Lipinski definition) is 1. The van der Waals surface area contributed by atoms with Crippen molar-refractivity contribution in [1.82, 2.24) is 0 Å². The SMILES string of the molecule is CCCCCCCC1C(=O)CC2OC(O)(C(F)(F)CCCC)CCC21. The number of rotatable bonds is 10. The third kappa shape index (κ3) is 4.79. The van der Waals surface area contributed by atoms with Gasteiger partial charge in [0.2, 0.25) is 5.79 Å². The summed E-state index contributed by atoms with van der Waals surface area (Å²) >= 11 is 0. The number of carbonyl (C=O) groups excluding carboxylic acids is 1. The van der Waals surface area contributed by atoms with E-state index in [9.17, 15) is 18.7 Å². The summed E-state index contributed by atoms with van der Waals surface area (Å²) < 4.78 is 34.3. The van der Waals surface area contributed by atoms with Gasteiger partial charge in [0.25, 0.3) is 0 Å². The van der Waals surface area contributed by atoms with Crippen LogP contribution in [0.15, 0.2) is 0 Å². The smallest absolute Gasteiger partial charge is 0.300 e. The summed E-state index contributed by atoms with van der Waals surface area (Å²) in [6.45, 7) is 4.01. The summed E-state index contributed by atoms with van der Waals surface area (Å²) in [5, 5.41) is 10.4. The molecule has 4 atom stereocenters. The zero-order valence-corrected chi connectivity index (χ0v) is 15.7. The van der Waals surface area contributed by atoms with E-state index in [2.05, 4.69) is 6.92 Å². The number of ether oxygens (including phenoxy) is 1. The molecule has 0 bridgehead atoms. The number of unbranched alkanes of at least 4 members (excludes halogenated alkanes) is 5. The van der Waals surface area contributed by atoms with E-state index < -0.39 is 17.8 Å². The van der Waals surface area contributed by atoms with Crippen LogP contribution in [-0.4, -0.2) is 28.7 Å². The number of hydrogen-bond acceptors (Lipinski definition) is 3. The number of fused-ring (bicyclic) bond motifs is 1. The summed E-state index contributed by atoms with van der Waals surface area (Å²) in [6.07, 6.45) is 7.19. The van der Waals surface area contributed by atoms with Gasteiger partial charge in [0.05, 0.1) is 6.10 Å². The molecule has 0 radical (unpaired) electrons. The molecule has 2 aliphatic rings. The Bertz CT molecular complexity index is 441. The standard InChI is InChI=1S/C20H34F2O3/c1-3-5-7-8-9-10-15-16-11-13-20(24,19(21,22)12-6-4-2)25-18(16)14-17(15)23/h15-16,18,24H,3-14H2,1-2H3. The fraction of sp³-hybridized carbons (Fsp3) is 0.950. The van der Waals surface area contributed by atoms with E-state index in [1.165, 1.54) is 19.3 Å². The molecular formula is C20H34F2O3. The molecule has 0 spiro atoms. The summed E-state index contributed by atoms with van der Waals surface area (Å²) in [5.74, 6) is -5.59. The second-order valence-corrected chi connectivity index (χ2v) is 7.93. The minimum atomic E-state index is -3.25. The Morgan fingerprint density at radius 1 is 1.16 bits per heavy atom. The van der Waals surface area contributed by atoms with Gasteiger partial charge in [-0.15, -0.1) is 0 Å². The van der Waals surface area contributed by atoms with Gasteiger partial charge in [0.15, 0.2) is 0 Å². The molecule has 2 rings (SSSR count). The van der Waals surface area contributed by atoms with Crippen molar-refractivity contribution in [3.8, 4) is 0 Å². The van der Waals surface area contributed by atoms with Crippen LogP contribution in [0.25, 0.3) is 0 Å². The Labute approximate surface area is 150 Å². The molecule has 1 saturated carbocycles. The molecule has 146 valence electrons. The van der Waals surface area contributed by atoms with Crippen LogP contribution in [0, 0.1) is 11.8 Å². The van der Waals surface area contributed by atoms with Crippen LogP contribution in [0.1, 0.15) is 90.9 Å². The van der Waals surface area contributed by atoms with Crippen molar-refractivity contribution in [2.24, 2.45) is 11.8 Å². The fourth-order valence-corrected chi connectivity index (χ4v) is 4.39. The van der Waals surface area contributed by atoms with E-state index in [1.54, 1.807) is 0 Å². The number of halogens is 2. The Balaban J connectivity index is 1.91. The van der Waals surface area contributed by atoms with E-state index >= 15 is 0 Å². The molecule has 1 saturated heterocycles. The van der Waals surface area contributed by atoms with Crippen molar-refractivity contribution in [1.29, 1.82) is 0 Å². The second-order valence-electron chi connectivity index (χ2n) is 7.93. The molecular weight excluding hydrogens is 326 g/mol. The molecule has 2 fully saturated rings. The monoisotopic (exact) mass is 360 g/mol. The molecule has 5 heteroatoms. The minimum Gasteiger partial charge on any atom is -0.361 e. The molecule has 1 N–H and O–H groups in total. The van der Waals surface area contributed by atoms with Crippen molar-refractivity contribution < 1.29 is 23.4 Å². The fourth-order valence-electron chi connectivity index (χ4n) is 4.39. The predicted octanol–water partition coefficient (Wildman–Crippen LogP) is 5.25. The van der Waals surface area contributed by atoms with Crippen LogP contribution in [-0.2, 0) is 9.53 Å². The van der Waals surface area contributed by atoms with Gasteiger partial charge in [-0.2, -0.15) is 0 Å². The average molecular weight is 360 g/mol. The summed E-state index contributed by atoms with van der Waals surface area (Å²) in [5.41, 5.74) is 0. The van der Waals surface area contributed by atoms with Crippen LogP contribution in [0.5, 0.6) is 0 Å². The van der Waals surface area contributed by atoms with Crippen LogP contribution in [0.3, 0.4) is 0 Å². The first kappa shape index (κ1) is 20.8. The Morgan fingerprint density at radius 2 is 1.84 bits per heavy atom. The first-order chi connectivity index (χ1) is 11.8. The van der Waals surface area contributed by atoms with Crippen LogP contribution in [0.4, 0.5) is 8.78 Å². The van der Waals surface area contributed by atoms with Crippen LogP contribution < -0.4 is 0 Å². The second kappa shape index (κ2) is 8.90. The highest BCUT2D eigenvalue weighted by Crippen LogP contribution is 2.49. The van der Waals surface area contributed by atoms with Gasteiger partial charge in [-0.05, 0) is 25.2 Å². The van der Waals surface area contributed by atoms with Gasteiger partial charge in [-0.1, -0.05) is 52.4 Å². The normalized spacial score (nSPS) is 32.8. The van der Waals surface area contributed by atoms with Crippen molar-refractivity contribution in [3.05, 3.63) is 0 Å². The largest absolute Gasteiger partial charge is 0.361 e. The topological polar surface area (TPSA) is 46.5 Å². The molecule has 1 aliphatic heterocycles. The molecule has 0 aromatic rings. The van der Waals surface area contributed by atoms with E-state index in [0.717, 1.165) is 19.3 Å². The first-order valence-corrected chi connectivity index (χ1v) is 10.2. The Kier molecular flexibility index (Phi) is 7.39. The molecule has 4 unspecified atom stereocenters. The van der Waals surface area contributed by atoms with E-state index in [0.29, 0.717) is 19.3 Å². The van der Waals surface area contributed by atoms with E-state index in [-0.39, 0.29) is 36.9 Å². The minimum absolute atomic E-state index is 0.000857. The zero-order chi connectivity index (χ0) is 18.5. The highest BCUT2D eigenvalue weighted by molar-refractivity contribution is 5.84. The molecule has 1 heterocycles. The van der Waals surface area contributed by atoms with Gasteiger partial charge in [-0.3, -0.25) is 4.79 Å². The lowest BCUT2D eigenvalue weighted by atomic mass is 9.81. The number of aliphatic hydroxyl groups is 1. The van der Waals surface area contributed by atoms with Gasteiger partial charge < -0.3 is 9.84 Å². The maximum absolute atomic E-state index is 14.4. The lowest BCUT2D eigenvalue weighted by Gasteiger charge is -2.43. The third-order valence-corrected chi connectivity index (χ3v) is 6.01. The quantitative estimate of drug-likeness (QED) is 0.542. The third-order valence-electron chi connectivity index (χ3n) is 6.01. The Morgan fingerprint density at radius 3 is 2.52 bits per heavy atom. The van der Waals surface area contributed by atoms with Crippen molar-refractivity contribution in [2.75, 3.05) is 0 Å². The highest BCUT2D eigenvalue weighted by Gasteiger charge is 2.59. The maximum Gasteiger partial charge on any atom is 0.300 e. The lowest BCUT2D eigenvalue weighted by Crippen LogP contribution is -2.55. The first-order valence-electron chi connectivity index (χ1n) is 10.2. The molecule has 0 aromatic heterocycles. The molecule has 25 heavy (non-hydrogen) atoms. The van der Waals surface area contributed by atoms with E-state index in [4.69, 9.17) is 4.74 Å². The number of carbonyl (C=O) groups is 1. The zero-order valence-electron chi connectivity index (χ0n) is 15.7. The van der Waals surface area contributed by atoms with Crippen molar-refractivity contribution in [2.45, 2.75) is 109 Å². The molecule has 0 aromatic carbocycles. The van der Waals surface area contributed by atoms with Crippen molar-refractivity contribution in [3.63, 3.8) is 0 Å². The van der Waals surface area contributed by atoms with Crippen LogP contribution >= 0.6 is 0 Å². The van der Waals surface area contributed by atoms with Gasteiger partial charge >= 0.3 is 5.92 Å². The predicted molar refractivity (Wildman–Crippen MR) is 93.5 cm³/mol. The van der Waals surface area contributed by atoms with Gasteiger partial charge in [-0.25, -0.2) is 8.78 Å². The lowest BCUT2D eigenvalue weighted by molar-refractivity contribution is -0.356.